The highest BCUT2D eigenvalue weighted by molar-refractivity contribution is 5.86. The van der Waals surface area contributed by atoms with Crippen LogP contribution in [0.4, 0.5) is 13.2 Å². The fraction of sp³-hybridized carbons (Fsp3) is 0.286. The van der Waals surface area contributed by atoms with Crippen LogP contribution in [-0.4, -0.2) is 17.4 Å². The Bertz CT molecular complexity index is 944. The van der Waals surface area contributed by atoms with Gasteiger partial charge in [-0.3, -0.25) is 4.79 Å². The van der Waals surface area contributed by atoms with Crippen molar-refractivity contribution >= 4 is 16.8 Å². The average molecular weight is 374 g/mol. The molecule has 2 aromatic carbocycles. The lowest BCUT2D eigenvalue weighted by Gasteiger charge is -2.09. The summed E-state index contributed by atoms with van der Waals surface area (Å²) >= 11 is 0. The fourth-order valence-electron chi connectivity index (χ4n) is 3.22. The molecule has 0 radical (unpaired) electrons. The summed E-state index contributed by atoms with van der Waals surface area (Å²) in [7, 11) is 0. The highest BCUT2D eigenvalue weighted by Gasteiger charge is 2.30. The first-order valence-electron chi connectivity index (χ1n) is 8.89. The lowest BCUT2D eigenvalue weighted by Crippen LogP contribution is -2.27. The minimum atomic E-state index is -4.40. The van der Waals surface area contributed by atoms with Crippen molar-refractivity contribution in [2.45, 2.75) is 32.4 Å². The minimum Gasteiger partial charge on any atom is -0.361 e. The number of aromatic amines is 1. The number of carbonyl (C=O) groups excluding carboxylic acids is 1. The number of hydrogen-bond acceptors (Lipinski definition) is 1. The Balaban J connectivity index is 1.58. The molecule has 2 N–H and O–H groups in total. The third kappa shape index (κ3) is 4.51. The SMILES string of the molecule is CCc1cccc2c(CCNC(=O)Cc3cccc(C(F)(F)F)c3)c[nH]c12. The molecule has 0 fully saturated rings. The van der Waals surface area contributed by atoms with Crippen LogP contribution in [0, 0.1) is 0 Å². The minimum absolute atomic E-state index is 0.0716. The Kier molecular flexibility index (Phi) is 5.54. The molecule has 0 aliphatic heterocycles. The van der Waals surface area contributed by atoms with Gasteiger partial charge in [0.05, 0.1) is 12.0 Å². The van der Waals surface area contributed by atoms with Gasteiger partial charge in [-0.05, 0) is 35.6 Å². The van der Waals surface area contributed by atoms with E-state index in [0.29, 0.717) is 18.5 Å². The largest absolute Gasteiger partial charge is 0.416 e. The summed E-state index contributed by atoms with van der Waals surface area (Å²) < 4.78 is 38.2. The van der Waals surface area contributed by atoms with E-state index in [9.17, 15) is 18.0 Å². The van der Waals surface area contributed by atoms with Gasteiger partial charge in [-0.25, -0.2) is 0 Å². The van der Waals surface area contributed by atoms with E-state index in [-0.39, 0.29) is 12.3 Å². The van der Waals surface area contributed by atoms with Gasteiger partial charge in [-0.1, -0.05) is 43.3 Å². The third-order valence-electron chi connectivity index (χ3n) is 4.60. The molecule has 0 unspecified atom stereocenters. The molecule has 1 amide bonds. The monoisotopic (exact) mass is 374 g/mol. The Morgan fingerprint density at radius 1 is 1.11 bits per heavy atom. The van der Waals surface area contributed by atoms with Crippen LogP contribution in [0.5, 0.6) is 0 Å². The van der Waals surface area contributed by atoms with Crippen molar-refractivity contribution in [2.75, 3.05) is 6.54 Å². The van der Waals surface area contributed by atoms with Crippen LogP contribution in [0.25, 0.3) is 10.9 Å². The van der Waals surface area contributed by atoms with Crippen LogP contribution < -0.4 is 5.32 Å². The van der Waals surface area contributed by atoms with E-state index in [1.54, 1.807) is 0 Å². The number of fused-ring (bicyclic) bond motifs is 1. The number of para-hydroxylation sites is 1. The highest BCUT2D eigenvalue weighted by atomic mass is 19.4. The molecule has 0 saturated heterocycles. The van der Waals surface area contributed by atoms with Crippen LogP contribution in [0.1, 0.15) is 29.2 Å². The predicted molar refractivity (Wildman–Crippen MR) is 99.5 cm³/mol. The molecule has 1 heterocycles. The second-order valence-corrected chi connectivity index (χ2v) is 6.48. The quantitative estimate of drug-likeness (QED) is 0.648. The maximum absolute atomic E-state index is 12.7. The van der Waals surface area contributed by atoms with E-state index in [4.69, 9.17) is 0 Å². The normalized spacial score (nSPS) is 11.7. The van der Waals surface area contributed by atoms with Gasteiger partial charge < -0.3 is 10.3 Å². The van der Waals surface area contributed by atoms with Crippen molar-refractivity contribution in [3.05, 3.63) is 70.9 Å². The molecule has 0 spiro atoms. The summed E-state index contributed by atoms with van der Waals surface area (Å²) in [6.45, 7) is 2.53. The van der Waals surface area contributed by atoms with Gasteiger partial charge in [0.15, 0.2) is 0 Å². The number of nitrogens with one attached hydrogen (secondary N) is 2. The van der Waals surface area contributed by atoms with Crippen LogP contribution in [0.15, 0.2) is 48.7 Å². The van der Waals surface area contributed by atoms with Crippen molar-refractivity contribution in [3.8, 4) is 0 Å². The van der Waals surface area contributed by atoms with E-state index in [0.717, 1.165) is 35.0 Å². The molecule has 0 atom stereocenters. The zero-order chi connectivity index (χ0) is 19.4. The van der Waals surface area contributed by atoms with Gasteiger partial charge in [-0.15, -0.1) is 0 Å². The molecule has 27 heavy (non-hydrogen) atoms. The van der Waals surface area contributed by atoms with E-state index < -0.39 is 11.7 Å². The number of H-pyrrole nitrogens is 1. The molecule has 0 bridgehead atoms. The molecule has 0 aliphatic rings. The molecule has 6 heteroatoms. The molecule has 1 aromatic heterocycles. The van der Waals surface area contributed by atoms with E-state index in [1.807, 2.05) is 18.3 Å². The summed E-state index contributed by atoms with van der Waals surface area (Å²) in [4.78, 5) is 15.4. The van der Waals surface area contributed by atoms with Crippen LogP contribution >= 0.6 is 0 Å². The van der Waals surface area contributed by atoms with E-state index in [2.05, 4.69) is 23.3 Å². The third-order valence-corrected chi connectivity index (χ3v) is 4.60. The topological polar surface area (TPSA) is 44.9 Å². The number of rotatable bonds is 6. The zero-order valence-electron chi connectivity index (χ0n) is 15.0. The Morgan fingerprint density at radius 3 is 2.63 bits per heavy atom. The summed E-state index contributed by atoms with van der Waals surface area (Å²) in [5.41, 5.74) is 3.08. The number of alkyl halides is 3. The van der Waals surface area contributed by atoms with Crippen LogP contribution in [-0.2, 0) is 30.2 Å². The molecule has 3 rings (SSSR count). The fourth-order valence-corrected chi connectivity index (χ4v) is 3.22. The van der Waals surface area contributed by atoms with Gasteiger partial charge in [-0.2, -0.15) is 13.2 Å². The number of aromatic nitrogens is 1. The maximum Gasteiger partial charge on any atom is 0.416 e. The molecular formula is C21H21F3N2O. The van der Waals surface area contributed by atoms with Gasteiger partial charge in [0, 0.05) is 23.6 Å². The maximum atomic E-state index is 12.7. The van der Waals surface area contributed by atoms with Crippen molar-refractivity contribution in [1.29, 1.82) is 0 Å². The molecule has 0 aliphatic carbocycles. The number of hydrogen-bond donors (Lipinski definition) is 2. The number of amides is 1. The lowest BCUT2D eigenvalue weighted by atomic mass is 10.1. The predicted octanol–water partition coefficient (Wildman–Crippen LogP) is 4.65. The Morgan fingerprint density at radius 2 is 1.89 bits per heavy atom. The molecule has 0 saturated carbocycles. The van der Waals surface area contributed by atoms with Gasteiger partial charge in [0.25, 0.3) is 0 Å². The summed E-state index contributed by atoms with van der Waals surface area (Å²) in [6.07, 6.45) is -0.938. The standard InChI is InChI=1S/C21H21F3N2O/c1-2-15-6-4-8-18-16(13-26-20(15)18)9-10-25-19(27)12-14-5-3-7-17(11-14)21(22,23)24/h3-8,11,13,26H,2,9-10,12H2,1H3,(H,25,27). The summed E-state index contributed by atoms with van der Waals surface area (Å²) in [5.74, 6) is -0.289. The lowest BCUT2D eigenvalue weighted by molar-refractivity contribution is -0.137. The number of carbonyl (C=O) groups is 1. The first-order chi connectivity index (χ1) is 12.9. The van der Waals surface area contributed by atoms with Gasteiger partial charge in [0.2, 0.25) is 5.91 Å². The Labute approximate surface area is 155 Å². The first kappa shape index (κ1) is 19.0. The second kappa shape index (κ2) is 7.86. The average Bonchev–Trinajstić information content (AvgIpc) is 3.04. The number of halogens is 3. The van der Waals surface area contributed by atoms with Gasteiger partial charge >= 0.3 is 6.18 Å². The second-order valence-electron chi connectivity index (χ2n) is 6.48. The van der Waals surface area contributed by atoms with E-state index >= 15 is 0 Å². The number of benzene rings is 2. The first-order valence-corrected chi connectivity index (χ1v) is 8.89. The van der Waals surface area contributed by atoms with Crippen molar-refractivity contribution < 1.29 is 18.0 Å². The summed E-state index contributed by atoms with van der Waals surface area (Å²) in [5, 5.41) is 3.93. The zero-order valence-corrected chi connectivity index (χ0v) is 15.0. The van der Waals surface area contributed by atoms with Crippen LogP contribution in [0.3, 0.4) is 0 Å². The molecular weight excluding hydrogens is 353 g/mol. The Hall–Kier alpha value is -2.76. The molecule has 142 valence electrons. The van der Waals surface area contributed by atoms with Crippen molar-refractivity contribution in [3.63, 3.8) is 0 Å². The smallest absolute Gasteiger partial charge is 0.361 e. The van der Waals surface area contributed by atoms with Crippen LogP contribution in [0.2, 0.25) is 0 Å². The van der Waals surface area contributed by atoms with Crippen molar-refractivity contribution in [1.82, 2.24) is 10.3 Å². The highest BCUT2D eigenvalue weighted by Crippen LogP contribution is 2.29. The van der Waals surface area contributed by atoms with E-state index in [1.165, 1.54) is 17.7 Å². The van der Waals surface area contributed by atoms with Gasteiger partial charge in [0.1, 0.15) is 0 Å². The van der Waals surface area contributed by atoms with Crippen molar-refractivity contribution in [2.24, 2.45) is 0 Å². The number of aryl methyl sites for hydroxylation is 1. The molecule has 3 nitrogen and oxygen atoms in total. The molecule has 3 aromatic rings. The summed E-state index contributed by atoms with van der Waals surface area (Å²) in [6, 6.07) is 11.0.